The molecule has 0 fully saturated rings. The highest BCUT2D eigenvalue weighted by atomic mass is 16.3. The van der Waals surface area contributed by atoms with Crippen LogP contribution in [0.25, 0.3) is 33.5 Å². The van der Waals surface area contributed by atoms with Crippen LogP contribution in [0.2, 0.25) is 0 Å². The normalized spacial score (nSPS) is 12.1. The summed E-state index contributed by atoms with van der Waals surface area (Å²) in [5, 5.41) is 0. The zero-order valence-electron chi connectivity index (χ0n) is 15.5. The summed E-state index contributed by atoms with van der Waals surface area (Å²) in [6, 6.07) is 23.8. The van der Waals surface area contributed by atoms with Gasteiger partial charge < -0.3 is 9.32 Å². The Morgan fingerprint density at radius 2 is 1.41 bits per heavy atom. The van der Waals surface area contributed by atoms with Crippen molar-refractivity contribution in [2.45, 2.75) is 13.5 Å². The number of oxazole rings is 1. The molecule has 0 atom stereocenters. The van der Waals surface area contributed by atoms with Crippen LogP contribution in [0.3, 0.4) is 0 Å². The number of hydrogen-bond acceptors (Lipinski definition) is 2. The molecule has 132 valence electrons. The number of benzene rings is 3. The van der Waals surface area contributed by atoms with Crippen LogP contribution in [0.4, 0.5) is 11.4 Å². The summed E-state index contributed by atoms with van der Waals surface area (Å²) in [4.78, 5) is 2.31. The predicted molar refractivity (Wildman–Crippen MR) is 109 cm³/mol. The van der Waals surface area contributed by atoms with Gasteiger partial charge in [0.2, 0.25) is 0 Å². The van der Waals surface area contributed by atoms with Crippen molar-refractivity contribution in [2.75, 3.05) is 11.9 Å². The van der Waals surface area contributed by atoms with Crippen LogP contribution in [-0.4, -0.2) is 7.05 Å². The van der Waals surface area contributed by atoms with Crippen molar-refractivity contribution >= 4 is 11.4 Å². The standard InChI is InChI=1S/C24H21N2O/c1-3-26-16-27-15-23(26)21-13-8-12-20-18-10-5-4-9-17(18)19-11-6-7-14-22(19)25(2)24(20)21/h4-16H,3H2,1-2H3/q+1. The van der Waals surface area contributed by atoms with E-state index in [4.69, 9.17) is 4.42 Å². The fourth-order valence-corrected chi connectivity index (χ4v) is 4.15. The molecule has 0 saturated heterocycles. The molecule has 3 aromatic carbocycles. The number of rotatable bonds is 2. The first-order chi connectivity index (χ1) is 13.3. The van der Waals surface area contributed by atoms with E-state index in [0.29, 0.717) is 0 Å². The van der Waals surface area contributed by atoms with Gasteiger partial charge in [-0.25, -0.2) is 0 Å². The average Bonchev–Trinajstić information content (AvgIpc) is 3.17. The van der Waals surface area contributed by atoms with E-state index in [2.05, 4.69) is 90.2 Å². The van der Waals surface area contributed by atoms with Gasteiger partial charge in [0.25, 0.3) is 5.69 Å². The molecular formula is C24H21N2O+. The first-order valence-corrected chi connectivity index (χ1v) is 9.31. The van der Waals surface area contributed by atoms with Gasteiger partial charge in [0, 0.05) is 23.9 Å². The van der Waals surface area contributed by atoms with Crippen LogP contribution in [0.5, 0.6) is 0 Å². The monoisotopic (exact) mass is 353 g/mol. The maximum absolute atomic E-state index is 5.53. The highest BCUT2D eigenvalue weighted by Crippen LogP contribution is 2.49. The second-order valence-corrected chi connectivity index (χ2v) is 6.85. The second kappa shape index (κ2) is 6.13. The summed E-state index contributed by atoms with van der Waals surface area (Å²) in [5.74, 6) is 0. The molecule has 0 bridgehead atoms. The summed E-state index contributed by atoms with van der Waals surface area (Å²) in [5.41, 5.74) is 9.72. The summed E-state index contributed by atoms with van der Waals surface area (Å²) in [6.45, 7) is 3.00. The third kappa shape index (κ3) is 2.32. The molecule has 0 saturated carbocycles. The van der Waals surface area contributed by atoms with Gasteiger partial charge in [-0.1, -0.05) is 54.6 Å². The minimum atomic E-state index is 0.867. The number of anilines is 2. The van der Waals surface area contributed by atoms with Gasteiger partial charge in [0.05, 0.1) is 11.3 Å². The Labute approximate surface area is 159 Å². The van der Waals surface area contributed by atoms with E-state index in [1.807, 2.05) is 6.26 Å². The highest BCUT2D eigenvalue weighted by molar-refractivity contribution is 6.03. The van der Waals surface area contributed by atoms with Crippen LogP contribution >= 0.6 is 0 Å². The van der Waals surface area contributed by atoms with Gasteiger partial charge in [-0.2, -0.15) is 4.57 Å². The summed E-state index contributed by atoms with van der Waals surface area (Å²) >= 11 is 0. The topological polar surface area (TPSA) is 20.3 Å². The van der Waals surface area contributed by atoms with Crippen molar-refractivity contribution in [3.63, 3.8) is 0 Å². The Bertz CT molecular complexity index is 1140. The van der Waals surface area contributed by atoms with E-state index in [1.54, 1.807) is 6.39 Å². The third-order valence-electron chi connectivity index (χ3n) is 5.44. The van der Waals surface area contributed by atoms with Gasteiger partial charge in [0.1, 0.15) is 6.54 Å². The van der Waals surface area contributed by atoms with E-state index in [-0.39, 0.29) is 0 Å². The third-order valence-corrected chi connectivity index (χ3v) is 5.44. The molecule has 3 nitrogen and oxygen atoms in total. The summed E-state index contributed by atoms with van der Waals surface area (Å²) in [6.07, 6.45) is 3.63. The van der Waals surface area contributed by atoms with Crippen molar-refractivity contribution in [1.82, 2.24) is 0 Å². The van der Waals surface area contributed by atoms with Crippen LogP contribution in [-0.2, 0) is 6.54 Å². The number of aromatic nitrogens is 1. The number of nitrogens with zero attached hydrogens (tertiary/aromatic N) is 2. The van der Waals surface area contributed by atoms with Crippen LogP contribution in [0, 0.1) is 0 Å². The second-order valence-electron chi connectivity index (χ2n) is 6.85. The molecular weight excluding hydrogens is 332 g/mol. The first-order valence-electron chi connectivity index (χ1n) is 9.31. The van der Waals surface area contributed by atoms with Crippen molar-refractivity contribution in [1.29, 1.82) is 0 Å². The number of para-hydroxylation sites is 2. The minimum absolute atomic E-state index is 0.867. The van der Waals surface area contributed by atoms with Gasteiger partial charge in [-0.05, 0) is 30.2 Å². The molecule has 27 heavy (non-hydrogen) atoms. The fraction of sp³-hybridized carbons (Fsp3) is 0.125. The number of fused-ring (bicyclic) bond motifs is 5. The lowest BCUT2D eigenvalue weighted by Crippen LogP contribution is -2.32. The zero-order valence-corrected chi connectivity index (χ0v) is 15.5. The summed E-state index contributed by atoms with van der Waals surface area (Å²) < 4.78 is 7.68. The molecule has 0 unspecified atom stereocenters. The van der Waals surface area contributed by atoms with E-state index in [1.165, 1.54) is 39.2 Å². The molecule has 1 aliphatic heterocycles. The quantitative estimate of drug-likeness (QED) is 0.433. The van der Waals surface area contributed by atoms with E-state index in [0.717, 1.165) is 12.2 Å². The average molecular weight is 353 g/mol. The number of aryl methyl sites for hydroxylation is 1. The molecule has 2 heterocycles. The van der Waals surface area contributed by atoms with Gasteiger partial charge in [-0.15, -0.1) is 0 Å². The lowest BCUT2D eigenvalue weighted by Gasteiger charge is -2.23. The lowest BCUT2D eigenvalue weighted by molar-refractivity contribution is -0.686. The smallest absolute Gasteiger partial charge is 0.334 e. The van der Waals surface area contributed by atoms with Crippen molar-refractivity contribution < 1.29 is 8.98 Å². The number of hydrogen-bond donors (Lipinski definition) is 0. The predicted octanol–water partition coefficient (Wildman–Crippen LogP) is 5.67. The van der Waals surface area contributed by atoms with Crippen LogP contribution < -0.4 is 9.47 Å². The Morgan fingerprint density at radius 1 is 0.778 bits per heavy atom. The lowest BCUT2D eigenvalue weighted by atomic mass is 9.93. The Balaban J connectivity index is 1.89. The molecule has 0 amide bonds. The molecule has 1 aliphatic rings. The van der Waals surface area contributed by atoms with E-state index in [9.17, 15) is 0 Å². The minimum Gasteiger partial charge on any atom is -0.412 e. The van der Waals surface area contributed by atoms with Crippen LogP contribution in [0.1, 0.15) is 6.92 Å². The van der Waals surface area contributed by atoms with Crippen molar-refractivity contribution in [2.24, 2.45) is 0 Å². The molecule has 0 spiro atoms. The molecule has 3 heteroatoms. The van der Waals surface area contributed by atoms with Gasteiger partial charge in [0.15, 0.2) is 6.26 Å². The molecule has 5 rings (SSSR count). The molecule has 0 aliphatic carbocycles. The fourth-order valence-electron chi connectivity index (χ4n) is 4.15. The maximum atomic E-state index is 5.53. The van der Waals surface area contributed by atoms with Crippen molar-refractivity contribution in [3.8, 4) is 33.5 Å². The van der Waals surface area contributed by atoms with Crippen molar-refractivity contribution in [3.05, 3.63) is 79.4 Å². The van der Waals surface area contributed by atoms with Gasteiger partial charge >= 0.3 is 6.39 Å². The van der Waals surface area contributed by atoms with Crippen LogP contribution in [0.15, 0.2) is 83.8 Å². The molecule has 0 N–H and O–H groups in total. The molecule has 1 aromatic heterocycles. The van der Waals surface area contributed by atoms with E-state index >= 15 is 0 Å². The highest BCUT2D eigenvalue weighted by Gasteiger charge is 2.28. The zero-order chi connectivity index (χ0) is 18.4. The largest absolute Gasteiger partial charge is 0.412 e. The SMILES string of the molecule is CC[n+]1cocc1-c1cccc2c1N(C)c1ccccc1-c1ccccc1-2. The molecule has 0 radical (unpaired) electrons. The van der Waals surface area contributed by atoms with Gasteiger partial charge in [-0.3, -0.25) is 0 Å². The first kappa shape index (κ1) is 15.9. The van der Waals surface area contributed by atoms with E-state index < -0.39 is 0 Å². The maximum Gasteiger partial charge on any atom is 0.334 e. The molecule has 4 aromatic rings. The summed E-state index contributed by atoms with van der Waals surface area (Å²) in [7, 11) is 2.16. The Kier molecular flexibility index (Phi) is 3.61. The Morgan fingerprint density at radius 3 is 2.19 bits per heavy atom. The Hall–Kier alpha value is -3.33.